The van der Waals surface area contributed by atoms with Crippen LogP contribution in [0.15, 0.2) is 0 Å². The zero-order chi connectivity index (χ0) is 8.91. The van der Waals surface area contributed by atoms with Crippen molar-refractivity contribution in [2.45, 2.75) is 33.1 Å². The van der Waals surface area contributed by atoms with E-state index in [0.29, 0.717) is 6.54 Å². The van der Waals surface area contributed by atoms with Crippen molar-refractivity contribution in [1.82, 2.24) is 0 Å². The normalized spacial score (nSPS) is 11.5. The summed E-state index contributed by atoms with van der Waals surface area (Å²) in [5, 5.41) is 8.35. The van der Waals surface area contributed by atoms with Gasteiger partial charge < -0.3 is 10.8 Å². The molecule has 0 heterocycles. The molecule has 0 bridgehead atoms. The third-order valence-electron chi connectivity index (χ3n) is 1.80. The number of rotatable bonds is 5. The van der Waals surface area contributed by atoms with Crippen molar-refractivity contribution in [3.8, 4) is 0 Å². The predicted octanol–water partition coefficient (Wildman–Crippen LogP) is 1.23. The first-order valence-electron chi connectivity index (χ1n) is 3.90. The lowest BCUT2D eigenvalue weighted by Gasteiger charge is -2.21. The summed E-state index contributed by atoms with van der Waals surface area (Å²) in [4.78, 5) is 10.1. The summed E-state index contributed by atoms with van der Waals surface area (Å²) >= 11 is 0. The third-order valence-corrected chi connectivity index (χ3v) is 1.80. The van der Waals surface area contributed by atoms with Crippen LogP contribution in [0.2, 0.25) is 0 Å². The minimum absolute atomic E-state index is 0.0927. The van der Waals surface area contributed by atoms with E-state index in [9.17, 15) is 4.79 Å². The Labute approximate surface area is 67.6 Å². The van der Waals surface area contributed by atoms with Gasteiger partial charge in [0.1, 0.15) is 0 Å². The summed E-state index contributed by atoms with van der Waals surface area (Å²) in [6.07, 6.45) is 1.86. The van der Waals surface area contributed by atoms with Gasteiger partial charge in [-0.05, 0) is 24.8 Å². The Bertz CT molecular complexity index is 132. The third kappa shape index (κ3) is 5.85. The van der Waals surface area contributed by atoms with Crippen LogP contribution < -0.4 is 5.73 Å². The Balaban J connectivity index is 3.45. The van der Waals surface area contributed by atoms with E-state index in [2.05, 4.69) is 13.8 Å². The second-order valence-electron chi connectivity index (χ2n) is 3.62. The zero-order valence-corrected chi connectivity index (χ0v) is 7.26. The second kappa shape index (κ2) is 4.34. The van der Waals surface area contributed by atoms with Crippen molar-refractivity contribution >= 4 is 5.97 Å². The highest BCUT2D eigenvalue weighted by atomic mass is 16.4. The van der Waals surface area contributed by atoms with Gasteiger partial charge in [0.2, 0.25) is 0 Å². The van der Waals surface area contributed by atoms with Crippen LogP contribution in [-0.2, 0) is 4.79 Å². The van der Waals surface area contributed by atoms with E-state index in [1.807, 2.05) is 0 Å². The number of aliphatic carboxylic acids is 1. The lowest BCUT2D eigenvalue weighted by Crippen LogP contribution is -2.23. The monoisotopic (exact) mass is 159 g/mol. The van der Waals surface area contributed by atoms with E-state index >= 15 is 0 Å². The van der Waals surface area contributed by atoms with Crippen molar-refractivity contribution in [2.75, 3.05) is 6.54 Å². The fourth-order valence-corrected chi connectivity index (χ4v) is 0.820. The summed E-state index contributed by atoms with van der Waals surface area (Å²) in [5.74, 6) is -0.724. The molecule has 0 aromatic rings. The molecule has 66 valence electrons. The minimum Gasteiger partial charge on any atom is -0.481 e. The van der Waals surface area contributed by atoms with Gasteiger partial charge in [-0.3, -0.25) is 4.79 Å². The number of hydrogen-bond acceptors (Lipinski definition) is 2. The van der Waals surface area contributed by atoms with Gasteiger partial charge in [-0.2, -0.15) is 0 Å². The van der Waals surface area contributed by atoms with Gasteiger partial charge in [0, 0.05) is 6.42 Å². The lowest BCUT2D eigenvalue weighted by atomic mass is 9.87. The van der Waals surface area contributed by atoms with Crippen LogP contribution in [0.4, 0.5) is 0 Å². The molecule has 3 heteroatoms. The molecule has 0 rings (SSSR count). The van der Waals surface area contributed by atoms with Crippen molar-refractivity contribution in [1.29, 1.82) is 0 Å². The van der Waals surface area contributed by atoms with Gasteiger partial charge in [-0.1, -0.05) is 13.8 Å². The molecule has 0 aliphatic carbocycles. The smallest absolute Gasteiger partial charge is 0.303 e. The van der Waals surface area contributed by atoms with E-state index < -0.39 is 5.97 Å². The first-order chi connectivity index (χ1) is 4.98. The first-order valence-corrected chi connectivity index (χ1v) is 3.90. The molecule has 3 N–H and O–H groups in total. The van der Waals surface area contributed by atoms with E-state index in [1.54, 1.807) is 0 Å². The average Bonchev–Trinajstić information content (AvgIpc) is 1.87. The van der Waals surface area contributed by atoms with Crippen LogP contribution in [0.1, 0.15) is 33.1 Å². The highest BCUT2D eigenvalue weighted by molar-refractivity contribution is 5.66. The quantitative estimate of drug-likeness (QED) is 0.634. The molecule has 0 saturated carbocycles. The van der Waals surface area contributed by atoms with E-state index in [4.69, 9.17) is 10.8 Å². The van der Waals surface area contributed by atoms with Gasteiger partial charge in [-0.15, -0.1) is 0 Å². The molecule has 0 radical (unpaired) electrons. The Morgan fingerprint density at radius 3 is 2.45 bits per heavy atom. The average molecular weight is 159 g/mol. The zero-order valence-electron chi connectivity index (χ0n) is 7.26. The summed E-state index contributed by atoms with van der Waals surface area (Å²) in [6, 6.07) is 0. The maximum atomic E-state index is 10.1. The molecule has 0 amide bonds. The molecule has 11 heavy (non-hydrogen) atoms. The van der Waals surface area contributed by atoms with Crippen LogP contribution in [0.3, 0.4) is 0 Å². The van der Waals surface area contributed by atoms with Crippen LogP contribution >= 0.6 is 0 Å². The molecule has 0 aromatic heterocycles. The summed E-state index contributed by atoms with van der Waals surface area (Å²) in [7, 11) is 0. The maximum Gasteiger partial charge on any atom is 0.303 e. The standard InChI is InChI=1S/C8H17NO2/c1-8(2,6-9)5-3-4-7(10)11/h3-6,9H2,1-2H3,(H,10,11). The number of hydrogen-bond donors (Lipinski definition) is 2. The van der Waals surface area contributed by atoms with Crippen molar-refractivity contribution in [3.63, 3.8) is 0 Å². The first kappa shape index (κ1) is 10.4. The largest absolute Gasteiger partial charge is 0.481 e. The Hall–Kier alpha value is -0.570. The molecule has 0 unspecified atom stereocenters. The van der Waals surface area contributed by atoms with Gasteiger partial charge in [-0.25, -0.2) is 0 Å². The highest BCUT2D eigenvalue weighted by Gasteiger charge is 2.14. The molecule has 0 saturated heterocycles. The number of carboxylic acids is 1. The van der Waals surface area contributed by atoms with Crippen LogP contribution in [0, 0.1) is 5.41 Å². The Kier molecular flexibility index (Phi) is 4.11. The fourth-order valence-electron chi connectivity index (χ4n) is 0.820. The van der Waals surface area contributed by atoms with Gasteiger partial charge >= 0.3 is 5.97 Å². The summed E-state index contributed by atoms with van der Waals surface area (Å²) in [5.41, 5.74) is 5.57. The fraction of sp³-hybridized carbons (Fsp3) is 0.875. The highest BCUT2D eigenvalue weighted by Crippen LogP contribution is 2.20. The molecule has 0 atom stereocenters. The van der Waals surface area contributed by atoms with Crippen LogP contribution in [-0.4, -0.2) is 17.6 Å². The van der Waals surface area contributed by atoms with Crippen LogP contribution in [0.25, 0.3) is 0 Å². The predicted molar refractivity (Wildman–Crippen MR) is 44.3 cm³/mol. The minimum atomic E-state index is -0.724. The molecule has 0 aliphatic rings. The molecule has 0 aromatic carbocycles. The summed E-state index contributed by atoms with van der Waals surface area (Å²) < 4.78 is 0. The van der Waals surface area contributed by atoms with Crippen molar-refractivity contribution in [3.05, 3.63) is 0 Å². The van der Waals surface area contributed by atoms with Crippen LogP contribution in [0.5, 0.6) is 0 Å². The molecule has 3 nitrogen and oxygen atoms in total. The summed E-state index contributed by atoms with van der Waals surface area (Å²) in [6.45, 7) is 4.72. The Morgan fingerprint density at radius 2 is 2.09 bits per heavy atom. The number of carbonyl (C=O) groups is 1. The van der Waals surface area contributed by atoms with E-state index in [-0.39, 0.29) is 11.8 Å². The number of carboxylic acid groups (broad SMARTS) is 1. The second-order valence-corrected chi connectivity index (χ2v) is 3.62. The van der Waals surface area contributed by atoms with Crippen molar-refractivity contribution in [2.24, 2.45) is 11.1 Å². The molecule has 0 aliphatic heterocycles. The SMILES string of the molecule is CC(C)(CN)CCCC(=O)O. The molecular weight excluding hydrogens is 142 g/mol. The number of nitrogens with two attached hydrogens (primary N) is 1. The molecule has 0 spiro atoms. The van der Waals surface area contributed by atoms with E-state index in [1.165, 1.54) is 0 Å². The van der Waals surface area contributed by atoms with Gasteiger partial charge in [0.15, 0.2) is 0 Å². The van der Waals surface area contributed by atoms with Crippen molar-refractivity contribution < 1.29 is 9.90 Å². The van der Waals surface area contributed by atoms with E-state index in [0.717, 1.165) is 12.8 Å². The van der Waals surface area contributed by atoms with Gasteiger partial charge in [0.25, 0.3) is 0 Å². The maximum absolute atomic E-state index is 10.1. The molecular formula is C8H17NO2. The topological polar surface area (TPSA) is 63.3 Å². The lowest BCUT2D eigenvalue weighted by molar-refractivity contribution is -0.137. The van der Waals surface area contributed by atoms with Gasteiger partial charge in [0.05, 0.1) is 0 Å². The molecule has 0 fully saturated rings. The Morgan fingerprint density at radius 1 is 1.55 bits per heavy atom.